The lowest BCUT2D eigenvalue weighted by atomic mass is 10.2. The van der Waals surface area contributed by atoms with Crippen LogP contribution in [0.3, 0.4) is 0 Å². The summed E-state index contributed by atoms with van der Waals surface area (Å²) >= 11 is 0. The van der Waals surface area contributed by atoms with E-state index in [4.69, 9.17) is 4.74 Å². The van der Waals surface area contributed by atoms with Crippen LogP contribution in [0.4, 0.5) is 0 Å². The van der Waals surface area contributed by atoms with Gasteiger partial charge in [0.15, 0.2) is 0 Å². The van der Waals surface area contributed by atoms with E-state index in [1.807, 2.05) is 18.7 Å². The van der Waals surface area contributed by atoms with Gasteiger partial charge in [-0.05, 0) is 33.6 Å². The molecule has 1 rings (SSSR count). The highest BCUT2D eigenvalue weighted by Gasteiger charge is 2.39. The summed E-state index contributed by atoms with van der Waals surface area (Å²) in [6.45, 7) is 6.18. The zero-order chi connectivity index (χ0) is 11.4. The van der Waals surface area contributed by atoms with E-state index in [-0.39, 0.29) is 24.1 Å². The van der Waals surface area contributed by atoms with Gasteiger partial charge in [0.05, 0.1) is 12.6 Å². The molecule has 2 atom stereocenters. The first-order valence-corrected chi connectivity index (χ1v) is 5.51. The summed E-state index contributed by atoms with van der Waals surface area (Å²) < 4.78 is 5.00. The van der Waals surface area contributed by atoms with Gasteiger partial charge in [0.1, 0.15) is 12.3 Å². The van der Waals surface area contributed by atoms with Crippen LogP contribution in [0.25, 0.3) is 0 Å². The van der Waals surface area contributed by atoms with Crippen LogP contribution in [-0.2, 0) is 14.3 Å². The van der Waals surface area contributed by atoms with E-state index in [1.54, 1.807) is 6.92 Å². The summed E-state index contributed by atoms with van der Waals surface area (Å²) in [6, 6.07) is -0.170. The van der Waals surface area contributed by atoms with Crippen LogP contribution in [-0.4, -0.2) is 41.9 Å². The number of nitrogens with zero attached hydrogens (tertiary/aromatic N) is 1. The molecule has 0 amide bonds. The van der Waals surface area contributed by atoms with Crippen molar-refractivity contribution in [2.24, 2.45) is 0 Å². The molecule has 4 heteroatoms. The van der Waals surface area contributed by atoms with Crippen molar-refractivity contribution in [3.8, 4) is 0 Å². The number of hydrogen-bond acceptors (Lipinski definition) is 4. The molecule has 1 fully saturated rings. The monoisotopic (exact) mass is 213 g/mol. The van der Waals surface area contributed by atoms with E-state index in [1.165, 1.54) is 0 Å². The van der Waals surface area contributed by atoms with Crippen molar-refractivity contribution in [3.05, 3.63) is 0 Å². The number of esters is 1. The van der Waals surface area contributed by atoms with Gasteiger partial charge in [-0.1, -0.05) is 0 Å². The third-order valence-electron chi connectivity index (χ3n) is 2.79. The van der Waals surface area contributed by atoms with E-state index in [9.17, 15) is 9.59 Å². The van der Waals surface area contributed by atoms with Gasteiger partial charge < -0.3 is 9.53 Å². The van der Waals surface area contributed by atoms with Crippen LogP contribution in [0.5, 0.6) is 0 Å². The smallest absolute Gasteiger partial charge is 0.323 e. The lowest BCUT2D eigenvalue weighted by Gasteiger charge is -2.29. The van der Waals surface area contributed by atoms with Crippen LogP contribution in [0.15, 0.2) is 0 Å². The Balaban J connectivity index is 2.72. The molecule has 4 nitrogen and oxygen atoms in total. The lowest BCUT2D eigenvalue weighted by Crippen LogP contribution is -2.46. The van der Waals surface area contributed by atoms with Gasteiger partial charge in [-0.25, -0.2) is 0 Å². The normalized spacial score (nSPS) is 26.9. The van der Waals surface area contributed by atoms with Gasteiger partial charge in [-0.15, -0.1) is 0 Å². The fourth-order valence-electron chi connectivity index (χ4n) is 2.22. The van der Waals surface area contributed by atoms with Gasteiger partial charge in [0.25, 0.3) is 0 Å². The van der Waals surface area contributed by atoms with Gasteiger partial charge in [0, 0.05) is 6.04 Å². The van der Waals surface area contributed by atoms with Crippen molar-refractivity contribution in [1.29, 1.82) is 0 Å². The van der Waals surface area contributed by atoms with Crippen molar-refractivity contribution in [2.75, 3.05) is 6.61 Å². The molecular formula is C11H19NO3. The summed E-state index contributed by atoms with van der Waals surface area (Å²) in [7, 11) is 0. The fraction of sp³-hybridized carbons (Fsp3) is 0.818. The molecule has 1 heterocycles. The van der Waals surface area contributed by atoms with E-state index in [0.29, 0.717) is 6.61 Å². The highest BCUT2D eigenvalue weighted by Crippen LogP contribution is 2.26. The first kappa shape index (κ1) is 12.2. The molecule has 0 aliphatic carbocycles. The van der Waals surface area contributed by atoms with Crippen LogP contribution < -0.4 is 0 Å². The van der Waals surface area contributed by atoms with Gasteiger partial charge >= 0.3 is 5.97 Å². The number of rotatable bonds is 4. The number of carbonyl (C=O) groups excluding carboxylic acids is 2. The topological polar surface area (TPSA) is 46.6 Å². The Morgan fingerprint density at radius 3 is 2.67 bits per heavy atom. The summed E-state index contributed by atoms with van der Waals surface area (Å²) in [4.78, 5) is 24.4. The van der Waals surface area contributed by atoms with E-state index in [0.717, 1.165) is 19.1 Å². The third-order valence-corrected chi connectivity index (χ3v) is 2.79. The van der Waals surface area contributed by atoms with Crippen LogP contribution >= 0.6 is 0 Å². The molecular weight excluding hydrogens is 194 g/mol. The molecule has 0 aromatic rings. The maximum absolute atomic E-state index is 11.6. The minimum Gasteiger partial charge on any atom is -0.465 e. The Bertz CT molecular complexity index is 240. The second-order valence-electron chi connectivity index (χ2n) is 4.09. The molecule has 0 spiro atoms. The standard InChI is InChI=1S/C11H19NO3/c1-4-15-11(14)10-6-5-9(7-13)12(10)8(2)3/h7-10H,4-6H2,1-3H3. The first-order valence-electron chi connectivity index (χ1n) is 5.51. The fourth-order valence-corrected chi connectivity index (χ4v) is 2.22. The molecule has 1 aliphatic rings. The zero-order valence-corrected chi connectivity index (χ0v) is 9.60. The van der Waals surface area contributed by atoms with Crippen molar-refractivity contribution >= 4 is 12.3 Å². The second-order valence-corrected chi connectivity index (χ2v) is 4.09. The summed E-state index contributed by atoms with van der Waals surface area (Å²) in [5, 5.41) is 0. The first-order chi connectivity index (χ1) is 7.11. The minimum atomic E-state index is -0.236. The molecule has 0 saturated carbocycles. The maximum atomic E-state index is 11.6. The van der Waals surface area contributed by atoms with Crippen molar-refractivity contribution < 1.29 is 14.3 Å². The van der Waals surface area contributed by atoms with E-state index >= 15 is 0 Å². The van der Waals surface area contributed by atoms with Gasteiger partial charge in [-0.3, -0.25) is 9.69 Å². The number of ether oxygens (including phenoxy) is 1. The highest BCUT2D eigenvalue weighted by molar-refractivity contribution is 5.77. The quantitative estimate of drug-likeness (QED) is 0.516. The average molecular weight is 213 g/mol. The molecule has 0 bridgehead atoms. The van der Waals surface area contributed by atoms with Gasteiger partial charge in [-0.2, -0.15) is 0 Å². The Morgan fingerprint density at radius 1 is 1.53 bits per heavy atom. The second kappa shape index (κ2) is 5.26. The average Bonchev–Trinajstić information content (AvgIpc) is 2.61. The van der Waals surface area contributed by atoms with E-state index < -0.39 is 0 Å². The SMILES string of the molecule is CCOC(=O)C1CCC(C=O)N1C(C)C. The number of hydrogen-bond donors (Lipinski definition) is 0. The van der Waals surface area contributed by atoms with Crippen molar-refractivity contribution in [3.63, 3.8) is 0 Å². The molecule has 0 aromatic carbocycles. The molecule has 1 aliphatic heterocycles. The molecule has 0 radical (unpaired) electrons. The lowest BCUT2D eigenvalue weighted by molar-refractivity contribution is -0.149. The molecule has 86 valence electrons. The third kappa shape index (κ3) is 2.56. The molecule has 2 unspecified atom stereocenters. The van der Waals surface area contributed by atoms with Gasteiger partial charge in [0.2, 0.25) is 0 Å². The van der Waals surface area contributed by atoms with Crippen molar-refractivity contribution in [1.82, 2.24) is 4.90 Å². The predicted octanol–water partition coefficient (Wildman–Crippen LogP) is 0.990. The van der Waals surface area contributed by atoms with E-state index in [2.05, 4.69) is 0 Å². The van der Waals surface area contributed by atoms with Crippen LogP contribution in [0.1, 0.15) is 33.6 Å². The molecule has 0 aromatic heterocycles. The highest BCUT2D eigenvalue weighted by atomic mass is 16.5. The van der Waals surface area contributed by atoms with Crippen LogP contribution in [0.2, 0.25) is 0 Å². The number of aldehydes is 1. The largest absolute Gasteiger partial charge is 0.465 e. The van der Waals surface area contributed by atoms with Crippen molar-refractivity contribution in [2.45, 2.75) is 51.7 Å². The summed E-state index contributed by atoms with van der Waals surface area (Å²) in [5.74, 6) is -0.199. The number of likely N-dealkylation sites (tertiary alicyclic amines) is 1. The molecule has 1 saturated heterocycles. The Hall–Kier alpha value is -0.900. The molecule has 15 heavy (non-hydrogen) atoms. The summed E-state index contributed by atoms with van der Waals surface area (Å²) in [5.41, 5.74) is 0. The summed E-state index contributed by atoms with van der Waals surface area (Å²) in [6.07, 6.45) is 2.41. The Morgan fingerprint density at radius 2 is 2.20 bits per heavy atom. The zero-order valence-electron chi connectivity index (χ0n) is 9.60. The predicted molar refractivity (Wildman–Crippen MR) is 56.5 cm³/mol. The molecule has 0 N–H and O–H groups in total. The maximum Gasteiger partial charge on any atom is 0.323 e. The Kier molecular flexibility index (Phi) is 4.27. The minimum absolute atomic E-state index is 0.126. The Labute approximate surface area is 90.6 Å². The van der Waals surface area contributed by atoms with Crippen LogP contribution in [0, 0.1) is 0 Å². The number of carbonyl (C=O) groups is 2.